The van der Waals surface area contributed by atoms with Gasteiger partial charge in [0.2, 0.25) is 0 Å². The highest BCUT2D eigenvalue weighted by Crippen LogP contribution is 2.21. The van der Waals surface area contributed by atoms with E-state index in [1.54, 1.807) is 7.11 Å². The quantitative estimate of drug-likeness (QED) is 0.902. The molecule has 1 saturated heterocycles. The molecule has 0 bridgehead atoms. The van der Waals surface area contributed by atoms with Crippen LogP contribution in [0.15, 0.2) is 18.2 Å². The zero-order valence-electron chi connectivity index (χ0n) is 12.4. The summed E-state index contributed by atoms with van der Waals surface area (Å²) >= 11 is 0. The standard InChI is InChI=1S/C16H26N2O/c1-13-11-14(6-7-16(13)19-3)12-18(2)15-5-4-9-17-10-8-15/h6-7,11,15,17H,4-5,8-10,12H2,1-3H3. The Morgan fingerprint density at radius 1 is 1.32 bits per heavy atom. The van der Waals surface area contributed by atoms with Crippen LogP contribution in [0, 0.1) is 6.92 Å². The Kier molecular flexibility index (Phi) is 5.23. The maximum atomic E-state index is 5.32. The summed E-state index contributed by atoms with van der Waals surface area (Å²) in [5, 5.41) is 3.48. The predicted octanol–water partition coefficient (Wildman–Crippen LogP) is 2.58. The molecule has 2 rings (SSSR count). The molecule has 1 N–H and O–H groups in total. The van der Waals surface area contributed by atoms with Crippen molar-refractivity contribution in [3.8, 4) is 5.75 Å². The van der Waals surface area contributed by atoms with Crippen LogP contribution in [0.2, 0.25) is 0 Å². The minimum Gasteiger partial charge on any atom is -0.496 e. The Bertz CT molecular complexity index is 398. The molecule has 0 amide bonds. The van der Waals surface area contributed by atoms with E-state index in [-0.39, 0.29) is 0 Å². The van der Waals surface area contributed by atoms with Crippen LogP contribution in [0.25, 0.3) is 0 Å². The highest BCUT2D eigenvalue weighted by Gasteiger charge is 2.16. The molecular weight excluding hydrogens is 236 g/mol. The number of nitrogens with zero attached hydrogens (tertiary/aromatic N) is 1. The Balaban J connectivity index is 1.97. The fourth-order valence-electron chi connectivity index (χ4n) is 2.90. The number of hydrogen-bond acceptors (Lipinski definition) is 3. The van der Waals surface area contributed by atoms with Crippen molar-refractivity contribution in [2.75, 3.05) is 27.2 Å². The summed E-state index contributed by atoms with van der Waals surface area (Å²) < 4.78 is 5.32. The summed E-state index contributed by atoms with van der Waals surface area (Å²) in [6, 6.07) is 7.20. The van der Waals surface area contributed by atoms with Gasteiger partial charge >= 0.3 is 0 Å². The van der Waals surface area contributed by atoms with Gasteiger partial charge < -0.3 is 10.1 Å². The van der Waals surface area contributed by atoms with E-state index < -0.39 is 0 Å². The van der Waals surface area contributed by atoms with Gasteiger partial charge in [0.1, 0.15) is 5.75 Å². The third-order valence-corrected chi connectivity index (χ3v) is 4.06. The smallest absolute Gasteiger partial charge is 0.121 e. The topological polar surface area (TPSA) is 24.5 Å². The minimum atomic E-state index is 0.706. The molecule has 1 aromatic rings. The Morgan fingerprint density at radius 3 is 2.89 bits per heavy atom. The van der Waals surface area contributed by atoms with E-state index in [1.807, 2.05) is 0 Å². The van der Waals surface area contributed by atoms with E-state index in [4.69, 9.17) is 4.74 Å². The molecule has 19 heavy (non-hydrogen) atoms. The summed E-state index contributed by atoms with van der Waals surface area (Å²) in [5.41, 5.74) is 2.59. The van der Waals surface area contributed by atoms with Crippen molar-refractivity contribution in [2.24, 2.45) is 0 Å². The second-order valence-corrected chi connectivity index (χ2v) is 5.55. The van der Waals surface area contributed by atoms with Gasteiger partial charge in [-0.1, -0.05) is 12.1 Å². The molecule has 1 atom stereocenters. The average molecular weight is 262 g/mol. The summed E-state index contributed by atoms with van der Waals surface area (Å²) in [6.07, 6.45) is 3.85. The monoisotopic (exact) mass is 262 g/mol. The Morgan fingerprint density at radius 2 is 2.16 bits per heavy atom. The highest BCUT2D eigenvalue weighted by molar-refractivity contribution is 5.36. The maximum absolute atomic E-state index is 5.32. The first-order chi connectivity index (χ1) is 9.20. The second-order valence-electron chi connectivity index (χ2n) is 5.55. The maximum Gasteiger partial charge on any atom is 0.121 e. The van der Waals surface area contributed by atoms with Crippen molar-refractivity contribution >= 4 is 0 Å². The van der Waals surface area contributed by atoms with Crippen LogP contribution < -0.4 is 10.1 Å². The van der Waals surface area contributed by atoms with Crippen LogP contribution in [0.3, 0.4) is 0 Å². The van der Waals surface area contributed by atoms with E-state index in [2.05, 4.69) is 42.4 Å². The van der Waals surface area contributed by atoms with Crippen LogP contribution in [0.4, 0.5) is 0 Å². The summed E-state index contributed by atoms with van der Waals surface area (Å²) in [4.78, 5) is 2.49. The first-order valence-electron chi connectivity index (χ1n) is 7.25. The highest BCUT2D eigenvalue weighted by atomic mass is 16.5. The van der Waals surface area contributed by atoms with Gasteiger partial charge in [0.25, 0.3) is 0 Å². The molecule has 1 fully saturated rings. The van der Waals surface area contributed by atoms with Crippen LogP contribution in [0.5, 0.6) is 5.75 Å². The van der Waals surface area contributed by atoms with Crippen molar-refractivity contribution < 1.29 is 4.74 Å². The van der Waals surface area contributed by atoms with Crippen molar-refractivity contribution in [3.05, 3.63) is 29.3 Å². The minimum absolute atomic E-state index is 0.706. The van der Waals surface area contributed by atoms with Crippen LogP contribution in [0.1, 0.15) is 30.4 Å². The number of benzene rings is 1. The summed E-state index contributed by atoms with van der Waals surface area (Å²) in [6.45, 7) is 5.45. The zero-order chi connectivity index (χ0) is 13.7. The van der Waals surface area contributed by atoms with Crippen LogP contribution in [-0.2, 0) is 6.54 Å². The molecule has 0 aliphatic carbocycles. The van der Waals surface area contributed by atoms with Crippen molar-refractivity contribution in [2.45, 2.75) is 38.8 Å². The molecule has 1 unspecified atom stereocenters. The summed E-state index contributed by atoms with van der Waals surface area (Å²) in [7, 11) is 3.97. The zero-order valence-corrected chi connectivity index (χ0v) is 12.4. The van der Waals surface area contributed by atoms with Crippen molar-refractivity contribution in [3.63, 3.8) is 0 Å². The molecule has 3 nitrogen and oxygen atoms in total. The third kappa shape index (κ3) is 3.95. The number of rotatable bonds is 4. The largest absolute Gasteiger partial charge is 0.496 e. The van der Waals surface area contributed by atoms with Crippen LogP contribution in [-0.4, -0.2) is 38.2 Å². The van der Waals surface area contributed by atoms with Gasteiger partial charge in [-0.05, 0) is 63.5 Å². The van der Waals surface area contributed by atoms with E-state index in [1.165, 1.54) is 36.9 Å². The van der Waals surface area contributed by atoms with E-state index >= 15 is 0 Å². The van der Waals surface area contributed by atoms with Gasteiger partial charge in [-0.2, -0.15) is 0 Å². The average Bonchev–Trinajstić information content (AvgIpc) is 2.68. The normalized spacial score (nSPS) is 20.3. The van der Waals surface area contributed by atoms with Gasteiger partial charge in [-0.15, -0.1) is 0 Å². The van der Waals surface area contributed by atoms with Crippen LogP contribution >= 0.6 is 0 Å². The number of ether oxygens (including phenoxy) is 1. The van der Waals surface area contributed by atoms with Gasteiger partial charge in [-0.3, -0.25) is 4.90 Å². The lowest BCUT2D eigenvalue weighted by molar-refractivity contribution is 0.216. The molecule has 1 aliphatic rings. The lowest BCUT2D eigenvalue weighted by atomic mass is 10.1. The Hall–Kier alpha value is -1.06. The summed E-state index contributed by atoms with van der Waals surface area (Å²) in [5.74, 6) is 0.977. The van der Waals surface area contributed by atoms with Gasteiger partial charge in [0.15, 0.2) is 0 Å². The van der Waals surface area contributed by atoms with E-state index in [9.17, 15) is 0 Å². The lowest BCUT2D eigenvalue weighted by Crippen LogP contribution is -2.32. The number of hydrogen-bond donors (Lipinski definition) is 1. The molecule has 106 valence electrons. The predicted molar refractivity (Wildman–Crippen MR) is 79.7 cm³/mol. The molecule has 0 radical (unpaired) electrons. The fourth-order valence-corrected chi connectivity index (χ4v) is 2.90. The van der Waals surface area contributed by atoms with Crippen molar-refractivity contribution in [1.82, 2.24) is 10.2 Å². The molecule has 1 aliphatic heterocycles. The number of aryl methyl sites for hydroxylation is 1. The molecule has 0 aromatic heterocycles. The molecule has 1 aromatic carbocycles. The second kappa shape index (κ2) is 6.92. The molecular formula is C16H26N2O. The molecule has 0 saturated carbocycles. The SMILES string of the molecule is COc1ccc(CN(C)C2CCCNCC2)cc1C. The lowest BCUT2D eigenvalue weighted by Gasteiger charge is -2.27. The third-order valence-electron chi connectivity index (χ3n) is 4.06. The first kappa shape index (κ1) is 14.4. The molecule has 1 heterocycles. The Labute approximate surface area is 116 Å². The first-order valence-corrected chi connectivity index (χ1v) is 7.25. The van der Waals surface area contributed by atoms with E-state index in [0.717, 1.165) is 18.8 Å². The van der Waals surface area contributed by atoms with Gasteiger partial charge in [0, 0.05) is 12.6 Å². The van der Waals surface area contributed by atoms with Gasteiger partial charge in [-0.25, -0.2) is 0 Å². The molecule has 0 spiro atoms. The fraction of sp³-hybridized carbons (Fsp3) is 0.625. The number of methoxy groups -OCH3 is 1. The number of nitrogens with one attached hydrogen (secondary N) is 1. The molecule has 3 heteroatoms. The van der Waals surface area contributed by atoms with E-state index in [0.29, 0.717) is 6.04 Å². The van der Waals surface area contributed by atoms with Crippen molar-refractivity contribution in [1.29, 1.82) is 0 Å². The van der Waals surface area contributed by atoms with Gasteiger partial charge in [0.05, 0.1) is 7.11 Å².